The number of aromatic hydroxyl groups is 1. The number of ether oxygens (including phenoxy) is 1. The highest BCUT2D eigenvalue weighted by Gasteiger charge is 2.17. The molecule has 0 aliphatic rings. The van der Waals surface area contributed by atoms with Crippen molar-refractivity contribution in [3.63, 3.8) is 0 Å². The molecular weight excluding hydrogens is 354 g/mol. The molecule has 0 bridgehead atoms. The van der Waals surface area contributed by atoms with Gasteiger partial charge in [0.15, 0.2) is 5.69 Å². The summed E-state index contributed by atoms with van der Waals surface area (Å²) in [6, 6.07) is 14.9. The normalized spacial score (nSPS) is 11.4. The van der Waals surface area contributed by atoms with Crippen molar-refractivity contribution >= 4 is 22.5 Å². The fourth-order valence-corrected chi connectivity index (χ4v) is 3.19. The fourth-order valence-electron chi connectivity index (χ4n) is 3.19. The number of azo groups is 1. The number of nitrogens with zero attached hydrogens (tertiary/aromatic N) is 3. The van der Waals surface area contributed by atoms with Crippen molar-refractivity contribution in [3.05, 3.63) is 54.1 Å². The highest BCUT2D eigenvalue weighted by molar-refractivity contribution is 5.96. The van der Waals surface area contributed by atoms with E-state index < -0.39 is 0 Å². The van der Waals surface area contributed by atoms with Gasteiger partial charge in [-0.05, 0) is 30.2 Å². The van der Waals surface area contributed by atoms with E-state index in [1.54, 1.807) is 13.2 Å². The van der Waals surface area contributed by atoms with E-state index in [9.17, 15) is 9.90 Å². The minimum atomic E-state index is -0.361. The van der Waals surface area contributed by atoms with Crippen molar-refractivity contribution < 1.29 is 14.6 Å². The first-order valence-electron chi connectivity index (χ1n) is 9.51. The van der Waals surface area contributed by atoms with Crippen molar-refractivity contribution in [1.29, 1.82) is 0 Å². The predicted molar refractivity (Wildman–Crippen MR) is 109 cm³/mol. The van der Waals surface area contributed by atoms with Gasteiger partial charge in [0.2, 0.25) is 5.88 Å². The lowest BCUT2D eigenvalue weighted by atomic mass is 10.1. The Morgan fingerprint density at radius 1 is 1.14 bits per heavy atom. The number of benzene rings is 2. The lowest BCUT2D eigenvalue weighted by molar-refractivity contribution is -0.117. The molecule has 0 spiro atoms. The minimum Gasteiger partial charge on any atom is -0.497 e. The average molecular weight is 379 g/mol. The molecule has 0 saturated heterocycles. The molecule has 146 valence electrons. The molecule has 0 aliphatic carbocycles. The number of methoxy groups -OCH3 is 1. The third-order valence-electron chi connectivity index (χ3n) is 4.66. The van der Waals surface area contributed by atoms with Crippen molar-refractivity contribution in [3.8, 4) is 11.6 Å². The minimum absolute atomic E-state index is 0.0237. The fraction of sp³-hybridized carbons (Fsp3) is 0.318. The molecule has 1 amide bonds. The molecular formula is C22H25N3O3. The van der Waals surface area contributed by atoms with Crippen LogP contribution in [-0.2, 0) is 17.8 Å². The number of amides is 1. The number of rotatable bonds is 8. The summed E-state index contributed by atoms with van der Waals surface area (Å²) in [6.07, 6.45) is 3.28. The maximum atomic E-state index is 12.2. The molecule has 0 unspecified atom stereocenters. The van der Waals surface area contributed by atoms with Gasteiger partial charge in [0, 0.05) is 11.9 Å². The van der Waals surface area contributed by atoms with E-state index in [2.05, 4.69) is 17.2 Å². The largest absolute Gasteiger partial charge is 0.497 e. The van der Waals surface area contributed by atoms with Gasteiger partial charge >= 0.3 is 0 Å². The summed E-state index contributed by atoms with van der Waals surface area (Å²) >= 11 is 0. The Kier molecular flexibility index (Phi) is 6.42. The lowest BCUT2D eigenvalue weighted by Crippen LogP contribution is -1.97. The summed E-state index contributed by atoms with van der Waals surface area (Å²) in [5, 5.41) is 19.4. The molecule has 6 nitrogen and oxygen atoms in total. The van der Waals surface area contributed by atoms with Gasteiger partial charge in [-0.25, -0.2) is 0 Å². The SMILES string of the molecule is CCCCCn1c(O)c(N=NC(=O)Cc2ccccc2)c2cc(OC)ccc21. The van der Waals surface area contributed by atoms with Crippen molar-refractivity contribution in [2.24, 2.45) is 10.2 Å². The van der Waals surface area contributed by atoms with E-state index >= 15 is 0 Å². The van der Waals surface area contributed by atoms with Gasteiger partial charge in [-0.15, -0.1) is 10.2 Å². The number of hydrogen-bond donors (Lipinski definition) is 1. The van der Waals surface area contributed by atoms with E-state index in [1.165, 1.54) is 0 Å². The van der Waals surface area contributed by atoms with E-state index in [-0.39, 0.29) is 18.2 Å². The molecule has 28 heavy (non-hydrogen) atoms. The first-order valence-corrected chi connectivity index (χ1v) is 9.51. The van der Waals surface area contributed by atoms with Crippen LogP contribution in [0.3, 0.4) is 0 Å². The highest BCUT2D eigenvalue weighted by Crippen LogP contribution is 2.40. The molecule has 0 atom stereocenters. The van der Waals surface area contributed by atoms with Gasteiger partial charge in [-0.2, -0.15) is 0 Å². The standard InChI is InChI=1S/C22H25N3O3/c1-3-4-8-13-25-19-12-11-17(28-2)15-18(19)21(22(25)27)24-23-20(26)14-16-9-6-5-7-10-16/h5-7,9-12,15,27H,3-4,8,13-14H2,1-2H3. The Balaban J connectivity index is 1.92. The van der Waals surface area contributed by atoms with Crippen LogP contribution >= 0.6 is 0 Å². The monoisotopic (exact) mass is 379 g/mol. The van der Waals surface area contributed by atoms with E-state index in [4.69, 9.17) is 4.74 Å². The second-order valence-corrected chi connectivity index (χ2v) is 6.67. The Hall–Kier alpha value is -3.15. The molecule has 0 fully saturated rings. The van der Waals surface area contributed by atoms with Crippen LogP contribution in [0.2, 0.25) is 0 Å². The second kappa shape index (κ2) is 9.17. The summed E-state index contributed by atoms with van der Waals surface area (Å²) in [5.41, 5.74) is 2.02. The topological polar surface area (TPSA) is 76.2 Å². The van der Waals surface area contributed by atoms with Gasteiger partial charge < -0.3 is 14.4 Å². The van der Waals surface area contributed by atoms with E-state index in [0.29, 0.717) is 23.4 Å². The second-order valence-electron chi connectivity index (χ2n) is 6.67. The third kappa shape index (κ3) is 4.39. The zero-order valence-electron chi connectivity index (χ0n) is 16.3. The van der Waals surface area contributed by atoms with Gasteiger partial charge in [0.25, 0.3) is 5.91 Å². The van der Waals surface area contributed by atoms with Crippen LogP contribution in [0.5, 0.6) is 11.6 Å². The van der Waals surface area contributed by atoms with Crippen LogP contribution in [0, 0.1) is 0 Å². The Morgan fingerprint density at radius 3 is 2.64 bits per heavy atom. The molecule has 6 heteroatoms. The number of fused-ring (bicyclic) bond motifs is 1. The summed E-state index contributed by atoms with van der Waals surface area (Å²) in [4.78, 5) is 12.2. The average Bonchev–Trinajstić information content (AvgIpc) is 2.97. The number of hydrogen-bond acceptors (Lipinski definition) is 4. The maximum absolute atomic E-state index is 12.2. The quantitative estimate of drug-likeness (QED) is 0.420. The number of unbranched alkanes of at least 4 members (excludes halogenated alkanes) is 2. The number of aromatic nitrogens is 1. The van der Waals surface area contributed by atoms with Crippen molar-refractivity contribution in [2.45, 2.75) is 39.2 Å². The molecule has 3 aromatic rings. The summed E-state index contributed by atoms with van der Waals surface area (Å²) in [6.45, 7) is 2.81. The van der Waals surface area contributed by atoms with Crippen LogP contribution in [0.1, 0.15) is 31.7 Å². The number of carbonyl (C=O) groups is 1. The first-order chi connectivity index (χ1) is 13.6. The smallest absolute Gasteiger partial charge is 0.269 e. The third-order valence-corrected chi connectivity index (χ3v) is 4.66. The van der Waals surface area contributed by atoms with Crippen LogP contribution in [0.4, 0.5) is 5.69 Å². The molecule has 0 aliphatic heterocycles. The number of carbonyl (C=O) groups excluding carboxylic acids is 1. The molecule has 2 aromatic carbocycles. The van der Waals surface area contributed by atoms with Crippen LogP contribution in [0.15, 0.2) is 58.8 Å². The van der Waals surface area contributed by atoms with Crippen LogP contribution in [0.25, 0.3) is 10.9 Å². The van der Waals surface area contributed by atoms with Gasteiger partial charge in [0.05, 0.1) is 19.0 Å². The zero-order valence-corrected chi connectivity index (χ0v) is 16.3. The van der Waals surface area contributed by atoms with Gasteiger partial charge in [-0.3, -0.25) is 4.79 Å². The van der Waals surface area contributed by atoms with Crippen LogP contribution in [-0.4, -0.2) is 22.7 Å². The van der Waals surface area contributed by atoms with Crippen molar-refractivity contribution in [1.82, 2.24) is 4.57 Å². The van der Waals surface area contributed by atoms with E-state index in [1.807, 2.05) is 47.0 Å². The zero-order chi connectivity index (χ0) is 19.9. The molecule has 1 heterocycles. The molecule has 0 saturated carbocycles. The number of aryl methyl sites for hydroxylation is 1. The summed E-state index contributed by atoms with van der Waals surface area (Å²) in [7, 11) is 1.59. The molecule has 1 N–H and O–H groups in total. The van der Waals surface area contributed by atoms with E-state index in [0.717, 1.165) is 30.3 Å². The van der Waals surface area contributed by atoms with Gasteiger partial charge in [-0.1, -0.05) is 50.1 Å². The summed E-state index contributed by atoms with van der Waals surface area (Å²) < 4.78 is 7.12. The highest BCUT2D eigenvalue weighted by atomic mass is 16.5. The first kappa shape index (κ1) is 19.6. The van der Waals surface area contributed by atoms with Crippen LogP contribution < -0.4 is 4.74 Å². The van der Waals surface area contributed by atoms with Gasteiger partial charge in [0.1, 0.15) is 5.75 Å². The predicted octanol–water partition coefficient (Wildman–Crippen LogP) is 5.40. The molecule has 0 radical (unpaired) electrons. The Bertz CT molecular complexity index is 978. The maximum Gasteiger partial charge on any atom is 0.269 e. The Labute approximate surface area is 164 Å². The Morgan fingerprint density at radius 2 is 1.93 bits per heavy atom. The van der Waals surface area contributed by atoms with Crippen molar-refractivity contribution in [2.75, 3.05) is 7.11 Å². The summed E-state index contributed by atoms with van der Waals surface area (Å²) in [5.74, 6) is 0.321. The molecule has 3 rings (SSSR count). The lowest BCUT2D eigenvalue weighted by Gasteiger charge is -2.06. The molecule has 1 aromatic heterocycles.